The van der Waals surface area contributed by atoms with Crippen molar-refractivity contribution >= 4 is 33.0 Å². The van der Waals surface area contributed by atoms with E-state index in [1.54, 1.807) is 6.20 Å². The molecule has 3 rings (SSSR count). The van der Waals surface area contributed by atoms with E-state index in [9.17, 15) is 4.79 Å². The van der Waals surface area contributed by atoms with Crippen LogP contribution in [0.4, 0.5) is 0 Å². The van der Waals surface area contributed by atoms with E-state index >= 15 is 0 Å². The molecule has 1 amide bonds. The number of nitrogens with zero attached hydrogens (tertiary/aromatic N) is 4. The third-order valence-electron chi connectivity index (χ3n) is 4.70. The molecule has 148 valence electrons. The highest BCUT2D eigenvalue weighted by Crippen LogP contribution is 2.19. The van der Waals surface area contributed by atoms with Gasteiger partial charge in [0.05, 0.1) is 6.54 Å². The average Bonchev–Trinajstić information content (AvgIpc) is 3.02. The van der Waals surface area contributed by atoms with Crippen molar-refractivity contribution in [1.82, 2.24) is 19.4 Å². The van der Waals surface area contributed by atoms with Crippen LogP contribution in [0.15, 0.2) is 47.1 Å². The summed E-state index contributed by atoms with van der Waals surface area (Å²) in [7, 11) is 0. The zero-order valence-corrected chi connectivity index (χ0v) is 18.3. The fraction of sp³-hybridized carbons (Fsp3) is 0.409. The van der Waals surface area contributed by atoms with E-state index in [2.05, 4.69) is 46.3 Å². The van der Waals surface area contributed by atoms with E-state index in [0.717, 1.165) is 40.8 Å². The van der Waals surface area contributed by atoms with Gasteiger partial charge in [-0.1, -0.05) is 42.8 Å². The summed E-state index contributed by atoms with van der Waals surface area (Å²) in [5.41, 5.74) is 2.46. The van der Waals surface area contributed by atoms with E-state index in [1.807, 2.05) is 41.3 Å². The second-order valence-corrected chi connectivity index (χ2v) is 8.36. The number of fused-ring (bicyclic) bond motifs is 1. The predicted octanol–water partition coefficient (Wildman–Crippen LogP) is 5.29. The molecule has 2 aromatic heterocycles. The Hall–Kier alpha value is -2.21. The summed E-state index contributed by atoms with van der Waals surface area (Å²) in [5.74, 6) is 1.45. The Balaban J connectivity index is 1.94. The Morgan fingerprint density at radius 1 is 1.25 bits per heavy atom. The maximum absolute atomic E-state index is 13.3. The van der Waals surface area contributed by atoms with Crippen LogP contribution in [0.3, 0.4) is 0 Å². The maximum atomic E-state index is 13.3. The molecule has 0 radical (unpaired) electrons. The first-order chi connectivity index (χ1) is 13.5. The van der Waals surface area contributed by atoms with E-state index in [0.29, 0.717) is 24.6 Å². The third-order valence-corrected chi connectivity index (χ3v) is 5.19. The van der Waals surface area contributed by atoms with Crippen molar-refractivity contribution in [1.29, 1.82) is 0 Å². The zero-order chi connectivity index (χ0) is 20.1. The smallest absolute Gasteiger partial charge is 0.254 e. The van der Waals surface area contributed by atoms with Crippen molar-refractivity contribution in [3.8, 4) is 0 Å². The highest BCUT2D eigenvalue weighted by molar-refractivity contribution is 9.10. The number of aromatic nitrogens is 3. The second-order valence-electron chi connectivity index (χ2n) is 7.45. The van der Waals surface area contributed by atoms with Crippen molar-refractivity contribution in [3.63, 3.8) is 0 Å². The van der Waals surface area contributed by atoms with Gasteiger partial charge < -0.3 is 9.47 Å². The molecule has 0 saturated heterocycles. The molecule has 0 aliphatic heterocycles. The van der Waals surface area contributed by atoms with Gasteiger partial charge in [0.2, 0.25) is 0 Å². The molecule has 0 spiro atoms. The molecule has 6 heteroatoms. The molecule has 0 bridgehead atoms. The van der Waals surface area contributed by atoms with Gasteiger partial charge in [-0.15, -0.1) is 0 Å². The number of halogens is 1. The minimum absolute atomic E-state index is 0.0324. The van der Waals surface area contributed by atoms with Crippen molar-refractivity contribution in [2.24, 2.45) is 5.92 Å². The summed E-state index contributed by atoms with van der Waals surface area (Å²) in [4.78, 5) is 24.5. The quantitative estimate of drug-likeness (QED) is 0.475. The number of carbonyl (C=O) groups excluding carboxylic acids is 1. The van der Waals surface area contributed by atoms with Gasteiger partial charge in [0.25, 0.3) is 5.91 Å². The predicted molar refractivity (Wildman–Crippen MR) is 116 cm³/mol. The molecule has 0 fully saturated rings. The summed E-state index contributed by atoms with van der Waals surface area (Å²) in [6.07, 6.45) is 3.73. The van der Waals surface area contributed by atoms with Crippen LogP contribution in [0.25, 0.3) is 11.2 Å². The third kappa shape index (κ3) is 4.79. The summed E-state index contributed by atoms with van der Waals surface area (Å²) in [5, 5.41) is 0. The van der Waals surface area contributed by atoms with E-state index in [-0.39, 0.29) is 5.91 Å². The minimum Gasteiger partial charge on any atom is -0.331 e. The Bertz CT molecular complexity index is 951. The van der Waals surface area contributed by atoms with Crippen LogP contribution in [-0.4, -0.2) is 31.9 Å². The molecule has 0 aliphatic carbocycles. The number of aryl methyl sites for hydroxylation is 1. The number of rotatable bonds is 8. The Kier molecular flexibility index (Phi) is 6.83. The number of hydrogen-bond acceptors (Lipinski definition) is 3. The van der Waals surface area contributed by atoms with Crippen molar-refractivity contribution in [3.05, 3.63) is 58.5 Å². The molecule has 28 heavy (non-hydrogen) atoms. The Labute approximate surface area is 174 Å². The molecule has 0 unspecified atom stereocenters. The number of benzene rings is 1. The van der Waals surface area contributed by atoms with Gasteiger partial charge in [0.1, 0.15) is 11.3 Å². The monoisotopic (exact) mass is 442 g/mol. The van der Waals surface area contributed by atoms with Crippen LogP contribution in [0.1, 0.15) is 49.8 Å². The van der Waals surface area contributed by atoms with E-state index < -0.39 is 0 Å². The standard InChI is InChI=1S/C22H27BrN4O/c1-4-12-27-20(25-19-9-6-11-24-21(19)27)15-26(13-10-16(2)3)22(28)17-7-5-8-18(23)14-17/h5-9,11,14,16H,4,10,12-13,15H2,1-3H3. The lowest BCUT2D eigenvalue weighted by Gasteiger charge is -2.24. The van der Waals surface area contributed by atoms with Crippen molar-refractivity contribution in [2.45, 2.75) is 46.7 Å². The molecule has 5 nitrogen and oxygen atoms in total. The number of imidazole rings is 1. The van der Waals surface area contributed by atoms with Crippen LogP contribution in [0, 0.1) is 5.92 Å². The molecular weight excluding hydrogens is 416 g/mol. The Morgan fingerprint density at radius 2 is 2.07 bits per heavy atom. The fourth-order valence-corrected chi connectivity index (χ4v) is 3.63. The molecule has 0 saturated carbocycles. The van der Waals surface area contributed by atoms with Crippen LogP contribution >= 0.6 is 15.9 Å². The average molecular weight is 443 g/mol. The summed E-state index contributed by atoms with van der Waals surface area (Å²) >= 11 is 3.47. The Morgan fingerprint density at radius 3 is 2.79 bits per heavy atom. The first-order valence-electron chi connectivity index (χ1n) is 9.84. The molecule has 0 atom stereocenters. The van der Waals surface area contributed by atoms with Gasteiger partial charge in [-0.3, -0.25) is 4.79 Å². The zero-order valence-electron chi connectivity index (χ0n) is 16.7. The first-order valence-corrected chi connectivity index (χ1v) is 10.6. The highest BCUT2D eigenvalue weighted by Gasteiger charge is 2.20. The SMILES string of the molecule is CCCn1c(CN(CCC(C)C)C(=O)c2cccc(Br)c2)nc2cccnc21. The van der Waals surface area contributed by atoms with Crippen molar-refractivity contribution < 1.29 is 4.79 Å². The highest BCUT2D eigenvalue weighted by atomic mass is 79.9. The number of hydrogen-bond donors (Lipinski definition) is 0. The summed E-state index contributed by atoms with van der Waals surface area (Å²) < 4.78 is 3.05. The van der Waals surface area contributed by atoms with Crippen LogP contribution in [-0.2, 0) is 13.1 Å². The first kappa shape index (κ1) is 20.5. The maximum Gasteiger partial charge on any atom is 0.254 e. The van der Waals surface area contributed by atoms with Crippen molar-refractivity contribution in [2.75, 3.05) is 6.54 Å². The van der Waals surface area contributed by atoms with Gasteiger partial charge in [-0.2, -0.15) is 0 Å². The summed E-state index contributed by atoms with van der Waals surface area (Å²) in [6.45, 7) is 8.52. The number of pyridine rings is 1. The molecule has 2 heterocycles. The van der Waals surface area contributed by atoms with Gasteiger partial charge in [0.15, 0.2) is 5.65 Å². The van der Waals surface area contributed by atoms with E-state index in [4.69, 9.17) is 4.98 Å². The van der Waals surface area contributed by atoms with Gasteiger partial charge >= 0.3 is 0 Å². The largest absolute Gasteiger partial charge is 0.331 e. The molecular formula is C22H27BrN4O. The lowest BCUT2D eigenvalue weighted by Crippen LogP contribution is -2.33. The normalized spacial score (nSPS) is 11.3. The second kappa shape index (κ2) is 9.32. The summed E-state index contributed by atoms with van der Waals surface area (Å²) in [6, 6.07) is 11.5. The minimum atomic E-state index is 0.0324. The van der Waals surface area contributed by atoms with Crippen LogP contribution < -0.4 is 0 Å². The van der Waals surface area contributed by atoms with Gasteiger partial charge in [-0.05, 0) is 49.1 Å². The molecule has 0 N–H and O–H groups in total. The molecule has 0 aliphatic rings. The lowest BCUT2D eigenvalue weighted by atomic mass is 10.1. The fourth-order valence-electron chi connectivity index (χ4n) is 3.23. The molecule has 3 aromatic rings. The van der Waals surface area contributed by atoms with Crippen LogP contribution in [0.5, 0.6) is 0 Å². The topological polar surface area (TPSA) is 51.0 Å². The van der Waals surface area contributed by atoms with Gasteiger partial charge in [-0.25, -0.2) is 9.97 Å². The number of amides is 1. The van der Waals surface area contributed by atoms with Gasteiger partial charge in [0, 0.05) is 29.3 Å². The molecule has 1 aromatic carbocycles. The number of carbonyl (C=O) groups is 1. The van der Waals surface area contributed by atoms with Crippen LogP contribution in [0.2, 0.25) is 0 Å². The lowest BCUT2D eigenvalue weighted by molar-refractivity contribution is 0.0729. The van der Waals surface area contributed by atoms with E-state index in [1.165, 1.54) is 0 Å².